The maximum Gasteiger partial charge on any atom is 0.161 e. The summed E-state index contributed by atoms with van der Waals surface area (Å²) in [4.78, 5) is 0. The van der Waals surface area contributed by atoms with Gasteiger partial charge in [-0.3, -0.25) is 10.5 Å². The van der Waals surface area contributed by atoms with Crippen molar-refractivity contribution in [3.63, 3.8) is 0 Å². The molecule has 3 N–H and O–H groups in total. The van der Waals surface area contributed by atoms with E-state index in [0.717, 1.165) is 17.8 Å². The Morgan fingerprint density at radius 2 is 2.00 bits per heavy atom. The third kappa shape index (κ3) is 2.61. The Bertz CT molecular complexity index is 568. The fourth-order valence-electron chi connectivity index (χ4n) is 2.24. The average molecular weight is 276 g/mol. The van der Waals surface area contributed by atoms with Crippen LogP contribution in [0, 0.1) is 0 Å². The Morgan fingerprint density at radius 3 is 2.60 bits per heavy atom. The molecule has 0 fully saturated rings. The monoisotopic (exact) mass is 276 g/mol. The first-order chi connectivity index (χ1) is 9.74. The second kappa shape index (κ2) is 6.40. The zero-order valence-electron chi connectivity index (χ0n) is 12.0. The van der Waals surface area contributed by atoms with Crippen LogP contribution in [0.3, 0.4) is 0 Å². The van der Waals surface area contributed by atoms with E-state index in [1.165, 1.54) is 0 Å². The van der Waals surface area contributed by atoms with Crippen molar-refractivity contribution < 1.29 is 9.47 Å². The largest absolute Gasteiger partial charge is 0.493 e. The zero-order valence-corrected chi connectivity index (χ0v) is 12.0. The molecule has 2 aromatic rings. The van der Waals surface area contributed by atoms with E-state index in [4.69, 9.17) is 15.3 Å². The van der Waals surface area contributed by atoms with Crippen LogP contribution in [-0.4, -0.2) is 24.0 Å². The number of benzene rings is 1. The number of ether oxygens (including phenoxy) is 2. The van der Waals surface area contributed by atoms with Crippen molar-refractivity contribution >= 4 is 0 Å². The minimum absolute atomic E-state index is 0.155. The molecule has 6 nitrogen and oxygen atoms in total. The minimum atomic E-state index is -0.155. The molecule has 0 saturated heterocycles. The van der Waals surface area contributed by atoms with E-state index in [1.807, 2.05) is 35.9 Å². The molecule has 0 amide bonds. The highest BCUT2D eigenvalue weighted by Crippen LogP contribution is 2.31. The molecule has 0 saturated carbocycles. The molecule has 1 unspecified atom stereocenters. The van der Waals surface area contributed by atoms with Gasteiger partial charge in [-0.05, 0) is 30.7 Å². The van der Waals surface area contributed by atoms with Crippen molar-refractivity contribution in [1.29, 1.82) is 0 Å². The molecule has 1 aromatic carbocycles. The lowest BCUT2D eigenvalue weighted by Crippen LogP contribution is -2.30. The fourth-order valence-corrected chi connectivity index (χ4v) is 2.24. The highest BCUT2D eigenvalue weighted by Gasteiger charge is 2.18. The molecule has 108 valence electrons. The quantitative estimate of drug-likeness (QED) is 0.617. The first-order valence-corrected chi connectivity index (χ1v) is 6.44. The van der Waals surface area contributed by atoms with Crippen LogP contribution in [0.15, 0.2) is 30.5 Å². The van der Waals surface area contributed by atoms with Crippen molar-refractivity contribution in [1.82, 2.24) is 15.2 Å². The highest BCUT2D eigenvalue weighted by molar-refractivity contribution is 5.45. The summed E-state index contributed by atoms with van der Waals surface area (Å²) < 4.78 is 12.5. The van der Waals surface area contributed by atoms with Crippen molar-refractivity contribution in [2.75, 3.05) is 14.2 Å². The molecule has 0 aliphatic heterocycles. The number of aromatic nitrogens is 2. The molecule has 1 heterocycles. The lowest BCUT2D eigenvalue weighted by atomic mass is 10.0. The topological polar surface area (TPSA) is 74.3 Å². The fraction of sp³-hybridized carbons (Fsp3) is 0.357. The normalized spacial score (nSPS) is 12.2. The second-order valence-corrected chi connectivity index (χ2v) is 4.29. The van der Waals surface area contributed by atoms with E-state index < -0.39 is 0 Å². The van der Waals surface area contributed by atoms with Crippen LogP contribution in [0.2, 0.25) is 0 Å². The lowest BCUT2D eigenvalue weighted by Gasteiger charge is -2.19. The van der Waals surface area contributed by atoms with Gasteiger partial charge in [0.15, 0.2) is 11.5 Å². The smallest absolute Gasteiger partial charge is 0.161 e. The maximum atomic E-state index is 5.72. The van der Waals surface area contributed by atoms with Gasteiger partial charge < -0.3 is 9.47 Å². The Hall–Kier alpha value is -2.05. The summed E-state index contributed by atoms with van der Waals surface area (Å²) in [6.07, 6.45) is 1.77. The van der Waals surface area contributed by atoms with Crippen molar-refractivity contribution in [3.8, 4) is 11.5 Å². The number of hydrogen-bond donors (Lipinski definition) is 2. The average Bonchev–Trinajstić information content (AvgIpc) is 2.96. The number of aryl methyl sites for hydroxylation is 1. The number of methoxy groups -OCH3 is 2. The predicted octanol–water partition coefficient (Wildman–Crippen LogP) is 1.47. The van der Waals surface area contributed by atoms with Gasteiger partial charge in [0, 0.05) is 12.7 Å². The van der Waals surface area contributed by atoms with Gasteiger partial charge in [0.05, 0.1) is 26.0 Å². The number of rotatable bonds is 6. The standard InChI is InChI=1S/C14H20N4O2/c1-4-18-11(7-8-16-18)14(17-15)10-5-6-12(19-2)13(9-10)20-3/h5-9,14,17H,4,15H2,1-3H3. The van der Waals surface area contributed by atoms with Gasteiger partial charge in [-0.25, -0.2) is 5.43 Å². The second-order valence-electron chi connectivity index (χ2n) is 4.29. The van der Waals surface area contributed by atoms with Gasteiger partial charge in [0.25, 0.3) is 0 Å². The van der Waals surface area contributed by atoms with Gasteiger partial charge in [0.1, 0.15) is 0 Å². The zero-order chi connectivity index (χ0) is 14.5. The molecular formula is C14H20N4O2. The molecule has 0 radical (unpaired) electrons. The number of nitrogens with zero attached hydrogens (tertiary/aromatic N) is 2. The van der Waals surface area contributed by atoms with Gasteiger partial charge >= 0.3 is 0 Å². The van der Waals surface area contributed by atoms with Crippen LogP contribution in [-0.2, 0) is 6.54 Å². The van der Waals surface area contributed by atoms with Gasteiger partial charge in [-0.1, -0.05) is 6.07 Å². The van der Waals surface area contributed by atoms with Crippen molar-refractivity contribution in [2.45, 2.75) is 19.5 Å². The highest BCUT2D eigenvalue weighted by atomic mass is 16.5. The van der Waals surface area contributed by atoms with E-state index in [1.54, 1.807) is 20.4 Å². The molecule has 0 bridgehead atoms. The predicted molar refractivity (Wildman–Crippen MR) is 76.6 cm³/mol. The molecule has 1 atom stereocenters. The molecule has 6 heteroatoms. The molecular weight excluding hydrogens is 256 g/mol. The minimum Gasteiger partial charge on any atom is -0.493 e. The summed E-state index contributed by atoms with van der Waals surface area (Å²) in [7, 11) is 3.23. The third-order valence-corrected chi connectivity index (χ3v) is 3.25. The number of nitrogens with two attached hydrogens (primary N) is 1. The Morgan fingerprint density at radius 1 is 1.25 bits per heavy atom. The van der Waals surface area contributed by atoms with Crippen LogP contribution < -0.4 is 20.7 Å². The maximum absolute atomic E-state index is 5.72. The Labute approximate surface area is 118 Å². The summed E-state index contributed by atoms with van der Waals surface area (Å²) in [5.41, 5.74) is 4.82. The van der Waals surface area contributed by atoms with E-state index in [-0.39, 0.29) is 6.04 Å². The van der Waals surface area contributed by atoms with Crippen LogP contribution in [0.1, 0.15) is 24.2 Å². The lowest BCUT2D eigenvalue weighted by molar-refractivity contribution is 0.354. The summed E-state index contributed by atoms with van der Waals surface area (Å²) in [5.74, 6) is 7.08. The van der Waals surface area contributed by atoms with Crippen LogP contribution in [0.4, 0.5) is 0 Å². The molecule has 0 aliphatic carbocycles. The van der Waals surface area contributed by atoms with Gasteiger partial charge in [0.2, 0.25) is 0 Å². The van der Waals surface area contributed by atoms with E-state index in [9.17, 15) is 0 Å². The first-order valence-electron chi connectivity index (χ1n) is 6.44. The van der Waals surface area contributed by atoms with Crippen LogP contribution in [0.5, 0.6) is 11.5 Å². The third-order valence-electron chi connectivity index (χ3n) is 3.25. The molecule has 1 aromatic heterocycles. The summed E-state index contributed by atoms with van der Waals surface area (Å²) in [5, 5.41) is 4.27. The summed E-state index contributed by atoms with van der Waals surface area (Å²) in [6.45, 7) is 2.83. The van der Waals surface area contributed by atoms with Crippen LogP contribution >= 0.6 is 0 Å². The van der Waals surface area contributed by atoms with Gasteiger partial charge in [-0.15, -0.1) is 0 Å². The number of hydrogen-bond acceptors (Lipinski definition) is 5. The molecule has 2 rings (SSSR count). The van der Waals surface area contributed by atoms with Crippen LogP contribution in [0.25, 0.3) is 0 Å². The van der Waals surface area contributed by atoms with E-state index in [0.29, 0.717) is 11.5 Å². The molecule has 20 heavy (non-hydrogen) atoms. The molecule has 0 aliphatic rings. The van der Waals surface area contributed by atoms with Crippen molar-refractivity contribution in [2.24, 2.45) is 5.84 Å². The Balaban J connectivity index is 2.42. The SMILES string of the molecule is CCn1nccc1C(NN)c1ccc(OC)c(OC)c1. The number of nitrogens with one attached hydrogen (secondary N) is 1. The first kappa shape index (κ1) is 14.4. The molecule has 0 spiro atoms. The number of hydrazine groups is 1. The van der Waals surface area contributed by atoms with Crippen molar-refractivity contribution in [3.05, 3.63) is 41.7 Å². The summed E-state index contributed by atoms with van der Waals surface area (Å²) >= 11 is 0. The van der Waals surface area contributed by atoms with E-state index >= 15 is 0 Å². The van der Waals surface area contributed by atoms with E-state index in [2.05, 4.69) is 10.5 Å². The Kier molecular flexibility index (Phi) is 4.60. The summed E-state index contributed by atoms with van der Waals surface area (Å²) in [6, 6.07) is 7.53. The van der Waals surface area contributed by atoms with Gasteiger partial charge in [-0.2, -0.15) is 5.10 Å².